The summed E-state index contributed by atoms with van der Waals surface area (Å²) in [6, 6.07) is 6.82. The number of carbonyl (C=O) groups is 1. The number of benzene rings is 1. The summed E-state index contributed by atoms with van der Waals surface area (Å²) in [4.78, 5) is 16.2. The number of hydrogen-bond donors (Lipinski definition) is 2. The molecular weight excluding hydrogens is 295 g/mol. The van der Waals surface area contributed by atoms with Crippen LogP contribution < -0.4 is 10.6 Å². The molecule has 0 saturated carbocycles. The lowest BCUT2D eigenvalue weighted by atomic mass is 10.1. The second kappa shape index (κ2) is 6.20. The summed E-state index contributed by atoms with van der Waals surface area (Å²) in [5.41, 5.74) is 0.439. The molecule has 1 aromatic carbocycles. The van der Waals surface area contributed by atoms with Crippen LogP contribution in [-0.4, -0.2) is 17.9 Å². The molecule has 106 valence electrons. The minimum absolute atomic E-state index is 0.0300. The summed E-state index contributed by atoms with van der Waals surface area (Å²) in [5.74, 6) is -0.588. The number of rotatable bonds is 3. The fourth-order valence-electron chi connectivity index (χ4n) is 1.66. The van der Waals surface area contributed by atoms with Gasteiger partial charge in [-0.2, -0.15) is 5.26 Å². The zero-order valence-electron chi connectivity index (χ0n) is 10.9. The minimum atomic E-state index is -0.552. The highest BCUT2D eigenvalue weighted by Gasteiger charge is 2.14. The lowest BCUT2D eigenvalue weighted by Gasteiger charge is -2.09. The molecule has 0 spiro atoms. The summed E-state index contributed by atoms with van der Waals surface area (Å²) in [6.07, 6.45) is 1.35. The predicted molar refractivity (Wildman–Crippen MR) is 77.9 cm³/mol. The highest BCUT2D eigenvalue weighted by Crippen LogP contribution is 2.21. The van der Waals surface area contributed by atoms with E-state index in [2.05, 4.69) is 15.6 Å². The molecule has 1 amide bonds. The van der Waals surface area contributed by atoms with Crippen molar-refractivity contribution in [2.45, 2.75) is 0 Å². The maximum Gasteiger partial charge on any atom is 0.257 e. The molecule has 2 rings (SSSR count). The van der Waals surface area contributed by atoms with Crippen molar-refractivity contribution >= 4 is 29.0 Å². The van der Waals surface area contributed by atoms with Crippen molar-refractivity contribution in [2.75, 3.05) is 17.7 Å². The first-order valence-corrected chi connectivity index (χ1v) is 6.27. The van der Waals surface area contributed by atoms with Crippen molar-refractivity contribution in [1.29, 1.82) is 5.26 Å². The van der Waals surface area contributed by atoms with Crippen LogP contribution in [0.15, 0.2) is 30.5 Å². The van der Waals surface area contributed by atoms with Crippen molar-refractivity contribution < 1.29 is 9.18 Å². The summed E-state index contributed by atoms with van der Waals surface area (Å²) >= 11 is 5.94. The SMILES string of the molecule is CNc1cc(C(=O)Nc2ccc(F)cc2C#N)c(Cl)cn1. The Hall–Kier alpha value is -2.65. The Morgan fingerprint density at radius 2 is 2.19 bits per heavy atom. The smallest absolute Gasteiger partial charge is 0.257 e. The Kier molecular flexibility index (Phi) is 4.36. The lowest BCUT2D eigenvalue weighted by molar-refractivity contribution is 0.102. The van der Waals surface area contributed by atoms with Gasteiger partial charge in [0.25, 0.3) is 5.91 Å². The van der Waals surface area contributed by atoms with Gasteiger partial charge in [-0.3, -0.25) is 4.79 Å². The molecule has 1 heterocycles. The van der Waals surface area contributed by atoms with Gasteiger partial charge in [0, 0.05) is 13.2 Å². The molecule has 0 aliphatic heterocycles. The van der Waals surface area contributed by atoms with Crippen LogP contribution >= 0.6 is 11.6 Å². The molecular formula is C14H10ClFN4O. The lowest BCUT2D eigenvalue weighted by Crippen LogP contribution is -2.14. The molecule has 7 heteroatoms. The quantitative estimate of drug-likeness (QED) is 0.913. The Morgan fingerprint density at radius 3 is 2.86 bits per heavy atom. The fourth-order valence-corrected chi connectivity index (χ4v) is 1.85. The fraction of sp³-hybridized carbons (Fsp3) is 0.0714. The van der Waals surface area contributed by atoms with Gasteiger partial charge < -0.3 is 10.6 Å². The van der Waals surface area contributed by atoms with Crippen LogP contribution in [0, 0.1) is 17.1 Å². The number of halogens is 2. The van der Waals surface area contributed by atoms with Crippen LogP contribution in [-0.2, 0) is 0 Å². The third-order valence-electron chi connectivity index (χ3n) is 2.71. The first-order valence-electron chi connectivity index (χ1n) is 5.89. The van der Waals surface area contributed by atoms with Crippen LogP contribution in [0.5, 0.6) is 0 Å². The molecule has 5 nitrogen and oxygen atoms in total. The molecule has 0 atom stereocenters. The van der Waals surface area contributed by atoms with Crippen LogP contribution in [0.4, 0.5) is 15.9 Å². The van der Waals surface area contributed by atoms with E-state index in [1.165, 1.54) is 18.3 Å². The van der Waals surface area contributed by atoms with Crippen molar-refractivity contribution in [3.8, 4) is 6.07 Å². The van der Waals surface area contributed by atoms with Gasteiger partial charge in [0.1, 0.15) is 17.7 Å². The average Bonchev–Trinajstić information content (AvgIpc) is 2.49. The summed E-state index contributed by atoms with van der Waals surface area (Å²) in [5, 5.41) is 14.4. The number of carbonyl (C=O) groups excluding carboxylic acids is 1. The Balaban J connectivity index is 2.33. The molecule has 1 aromatic heterocycles. The van der Waals surface area contributed by atoms with Crippen molar-refractivity contribution in [2.24, 2.45) is 0 Å². The number of aromatic nitrogens is 1. The Morgan fingerprint density at radius 1 is 1.43 bits per heavy atom. The Labute approximate surface area is 125 Å². The van der Waals surface area contributed by atoms with Crippen molar-refractivity contribution in [3.63, 3.8) is 0 Å². The third kappa shape index (κ3) is 3.27. The van der Waals surface area contributed by atoms with Gasteiger partial charge in [0.2, 0.25) is 0 Å². The molecule has 0 bridgehead atoms. The zero-order chi connectivity index (χ0) is 15.4. The number of amides is 1. The van der Waals surface area contributed by atoms with Gasteiger partial charge >= 0.3 is 0 Å². The van der Waals surface area contributed by atoms with Gasteiger partial charge in [-0.25, -0.2) is 9.37 Å². The number of nitrogens with one attached hydrogen (secondary N) is 2. The van der Waals surface area contributed by atoms with Crippen LogP contribution in [0.1, 0.15) is 15.9 Å². The van der Waals surface area contributed by atoms with E-state index in [-0.39, 0.29) is 21.8 Å². The zero-order valence-corrected chi connectivity index (χ0v) is 11.7. The van der Waals surface area contributed by atoms with E-state index < -0.39 is 11.7 Å². The van der Waals surface area contributed by atoms with E-state index in [9.17, 15) is 9.18 Å². The minimum Gasteiger partial charge on any atom is -0.373 e. The van der Waals surface area contributed by atoms with Crippen LogP contribution in [0.3, 0.4) is 0 Å². The highest BCUT2D eigenvalue weighted by atomic mass is 35.5. The van der Waals surface area contributed by atoms with E-state index in [0.717, 1.165) is 12.1 Å². The number of anilines is 2. The van der Waals surface area contributed by atoms with E-state index in [1.807, 2.05) is 6.07 Å². The largest absolute Gasteiger partial charge is 0.373 e. The molecule has 0 aliphatic carbocycles. The van der Waals surface area contributed by atoms with Gasteiger partial charge in [0.05, 0.1) is 21.8 Å². The van der Waals surface area contributed by atoms with E-state index in [4.69, 9.17) is 16.9 Å². The monoisotopic (exact) mass is 304 g/mol. The third-order valence-corrected chi connectivity index (χ3v) is 3.01. The Bertz CT molecular complexity index is 742. The first kappa shape index (κ1) is 14.8. The maximum atomic E-state index is 13.1. The molecule has 0 aliphatic rings. The summed E-state index contributed by atoms with van der Waals surface area (Å²) in [7, 11) is 1.66. The standard InChI is InChI=1S/C14H10ClFN4O/c1-18-13-5-10(11(15)7-19-13)14(21)20-12-3-2-9(16)4-8(12)6-17/h2-5,7H,1H3,(H,18,19)(H,20,21). The van der Waals surface area contributed by atoms with Crippen molar-refractivity contribution in [1.82, 2.24) is 4.98 Å². The number of nitrogens with zero attached hydrogens (tertiary/aromatic N) is 2. The first-order chi connectivity index (χ1) is 10.0. The van der Waals surface area contributed by atoms with Gasteiger partial charge in [-0.05, 0) is 24.3 Å². The molecule has 21 heavy (non-hydrogen) atoms. The number of nitriles is 1. The number of pyridine rings is 1. The maximum absolute atomic E-state index is 13.1. The van der Waals surface area contributed by atoms with Crippen molar-refractivity contribution in [3.05, 3.63) is 52.4 Å². The molecule has 0 saturated heterocycles. The normalized spacial score (nSPS) is 9.81. The average molecular weight is 305 g/mol. The highest BCUT2D eigenvalue weighted by molar-refractivity contribution is 6.34. The second-order valence-electron chi connectivity index (χ2n) is 4.06. The summed E-state index contributed by atoms with van der Waals surface area (Å²) in [6.45, 7) is 0. The van der Waals surface area contributed by atoms with E-state index in [0.29, 0.717) is 5.82 Å². The predicted octanol–water partition coefficient (Wildman–Crippen LogP) is 3.04. The van der Waals surface area contributed by atoms with Crippen LogP contribution in [0.25, 0.3) is 0 Å². The second-order valence-corrected chi connectivity index (χ2v) is 4.46. The van der Waals surface area contributed by atoms with E-state index >= 15 is 0 Å². The topological polar surface area (TPSA) is 77.8 Å². The van der Waals surface area contributed by atoms with Crippen LogP contribution in [0.2, 0.25) is 5.02 Å². The molecule has 2 aromatic rings. The molecule has 0 unspecified atom stereocenters. The molecule has 2 N–H and O–H groups in total. The van der Waals surface area contributed by atoms with Gasteiger partial charge in [0.15, 0.2) is 0 Å². The van der Waals surface area contributed by atoms with E-state index in [1.54, 1.807) is 7.05 Å². The number of hydrogen-bond acceptors (Lipinski definition) is 4. The summed E-state index contributed by atoms with van der Waals surface area (Å²) < 4.78 is 13.1. The molecule has 0 radical (unpaired) electrons. The van der Waals surface area contributed by atoms with Gasteiger partial charge in [-0.1, -0.05) is 11.6 Å². The van der Waals surface area contributed by atoms with Gasteiger partial charge in [-0.15, -0.1) is 0 Å². The molecule has 0 fully saturated rings.